The van der Waals surface area contributed by atoms with Crippen molar-refractivity contribution in [3.8, 4) is 17.2 Å². The third kappa shape index (κ3) is 6.80. The SMILES string of the molecule is CCC(C)C(NC(=O)Nc1ccccc1OC)C(=O)NCCc1ccc(OC)c(OC)c1. The molecule has 0 saturated carbocycles. The standard InChI is InChI=1S/C24H33N3O5/c1-6-16(2)22(27-24(29)26-18-9-7-8-10-19(18)30-3)23(28)25-14-13-17-11-12-20(31-4)21(15-17)32-5/h7-12,15-16,22H,6,13-14H2,1-5H3,(H,25,28)(H2,26,27,29). The third-order valence-electron chi connectivity index (χ3n) is 5.30. The maximum Gasteiger partial charge on any atom is 0.320 e. The summed E-state index contributed by atoms with van der Waals surface area (Å²) in [5, 5.41) is 8.47. The molecule has 8 heteroatoms. The van der Waals surface area contributed by atoms with Crippen LogP contribution < -0.4 is 30.2 Å². The van der Waals surface area contributed by atoms with E-state index in [2.05, 4.69) is 16.0 Å². The number of para-hydroxylation sites is 2. The van der Waals surface area contributed by atoms with E-state index < -0.39 is 12.1 Å². The van der Waals surface area contributed by atoms with Crippen molar-refractivity contribution in [3.63, 3.8) is 0 Å². The van der Waals surface area contributed by atoms with Crippen LogP contribution in [0.25, 0.3) is 0 Å². The Balaban J connectivity index is 1.96. The molecule has 2 aromatic rings. The molecule has 0 bridgehead atoms. The molecule has 3 N–H and O–H groups in total. The largest absolute Gasteiger partial charge is 0.495 e. The second-order valence-electron chi connectivity index (χ2n) is 7.39. The van der Waals surface area contributed by atoms with Gasteiger partial charge in [0.05, 0.1) is 27.0 Å². The second kappa shape index (κ2) is 12.4. The molecule has 0 heterocycles. The zero-order chi connectivity index (χ0) is 23.5. The highest BCUT2D eigenvalue weighted by atomic mass is 16.5. The molecule has 0 aliphatic rings. The van der Waals surface area contributed by atoms with Crippen molar-refractivity contribution in [1.29, 1.82) is 0 Å². The van der Waals surface area contributed by atoms with E-state index in [1.807, 2.05) is 38.1 Å². The number of carbonyl (C=O) groups is 2. The second-order valence-corrected chi connectivity index (χ2v) is 7.39. The van der Waals surface area contributed by atoms with E-state index in [1.54, 1.807) is 32.4 Å². The average Bonchev–Trinajstić information content (AvgIpc) is 2.82. The molecule has 0 fully saturated rings. The topological polar surface area (TPSA) is 97.9 Å². The van der Waals surface area contributed by atoms with Gasteiger partial charge in [-0.05, 0) is 42.2 Å². The van der Waals surface area contributed by atoms with Gasteiger partial charge in [0.15, 0.2) is 11.5 Å². The van der Waals surface area contributed by atoms with Gasteiger partial charge < -0.3 is 30.2 Å². The summed E-state index contributed by atoms with van der Waals surface area (Å²) < 4.78 is 15.8. The Bertz CT molecular complexity index is 903. The number of hydrogen-bond acceptors (Lipinski definition) is 5. The number of benzene rings is 2. The summed E-state index contributed by atoms with van der Waals surface area (Å²) >= 11 is 0. The lowest BCUT2D eigenvalue weighted by Crippen LogP contribution is -2.51. The van der Waals surface area contributed by atoms with E-state index >= 15 is 0 Å². The molecule has 174 valence electrons. The molecule has 2 atom stereocenters. The monoisotopic (exact) mass is 443 g/mol. The highest BCUT2D eigenvalue weighted by Gasteiger charge is 2.26. The van der Waals surface area contributed by atoms with Crippen LogP contribution in [0.5, 0.6) is 17.2 Å². The van der Waals surface area contributed by atoms with Crippen molar-refractivity contribution in [3.05, 3.63) is 48.0 Å². The van der Waals surface area contributed by atoms with Gasteiger partial charge in [0, 0.05) is 6.54 Å². The van der Waals surface area contributed by atoms with Crippen LogP contribution in [0.1, 0.15) is 25.8 Å². The van der Waals surface area contributed by atoms with Crippen LogP contribution in [0.15, 0.2) is 42.5 Å². The first kappa shape index (κ1) is 24.8. The first-order valence-electron chi connectivity index (χ1n) is 10.6. The number of hydrogen-bond donors (Lipinski definition) is 3. The summed E-state index contributed by atoms with van der Waals surface area (Å²) in [7, 11) is 4.71. The van der Waals surface area contributed by atoms with Crippen LogP contribution >= 0.6 is 0 Å². The lowest BCUT2D eigenvalue weighted by atomic mass is 9.98. The summed E-state index contributed by atoms with van der Waals surface area (Å²) in [5.41, 5.74) is 1.54. The fourth-order valence-electron chi connectivity index (χ4n) is 3.23. The first-order valence-corrected chi connectivity index (χ1v) is 10.6. The van der Waals surface area contributed by atoms with Gasteiger partial charge in [-0.1, -0.05) is 38.5 Å². The maximum atomic E-state index is 12.8. The van der Waals surface area contributed by atoms with Crippen molar-refractivity contribution in [1.82, 2.24) is 10.6 Å². The quantitative estimate of drug-likeness (QED) is 0.493. The van der Waals surface area contributed by atoms with E-state index in [4.69, 9.17) is 14.2 Å². The molecule has 0 saturated heterocycles. The molecule has 32 heavy (non-hydrogen) atoms. The van der Waals surface area contributed by atoms with Crippen LogP contribution in [-0.2, 0) is 11.2 Å². The summed E-state index contributed by atoms with van der Waals surface area (Å²) in [5.74, 6) is 1.57. The number of ether oxygens (including phenoxy) is 3. The number of methoxy groups -OCH3 is 3. The van der Waals surface area contributed by atoms with Gasteiger partial charge in [-0.2, -0.15) is 0 Å². The zero-order valence-electron chi connectivity index (χ0n) is 19.4. The van der Waals surface area contributed by atoms with Crippen LogP contribution in [0.4, 0.5) is 10.5 Å². The Labute approximate surface area is 189 Å². The molecule has 0 spiro atoms. The molecule has 0 radical (unpaired) electrons. The Morgan fingerprint density at radius 2 is 1.62 bits per heavy atom. The van der Waals surface area contributed by atoms with Gasteiger partial charge in [0.25, 0.3) is 0 Å². The Morgan fingerprint density at radius 3 is 2.28 bits per heavy atom. The van der Waals surface area contributed by atoms with Gasteiger partial charge >= 0.3 is 6.03 Å². The number of nitrogens with one attached hydrogen (secondary N) is 3. The minimum Gasteiger partial charge on any atom is -0.495 e. The van der Waals surface area contributed by atoms with Crippen LogP contribution in [0.3, 0.4) is 0 Å². The normalized spacial score (nSPS) is 12.3. The van der Waals surface area contributed by atoms with Crippen LogP contribution in [-0.4, -0.2) is 45.9 Å². The fourth-order valence-corrected chi connectivity index (χ4v) is 3.23. The lowest BCUT2D eigenvalue weighted by molar-refractivity contribution is -0.124. The van der Waals surface area contributed by atoms with Gasteiger partial charge in [0.2, 0.25) is 5.91 Å². The third-order valence-corrected chi connectivity index (χ3v) is 5.30. The van der Waals surface area contributed by atoms with Gasteiger partial charge in [0.1, 0.15) is 11.8 Å². The zero-order valence-corrected chi connectivity index (χ0v) is 19.4. The molecule has 0 aliphatic carbocycles. The van der Waals surface area contributed by atoms with Crippen molar-refractivity contribution >= 4 is 17.6 Å². The summed E-state index contributed by atoms with van der Waals surface area (Å²) in [6.07, 6.45) is 1.36. The molecule has 2 rings (SSSR count). The predicted molar refractivity (Wildman–Crippen MR) is 125 cm³/mol. The lowest BCUT2D eigenvalue weighted by Gasteiger charge is -2.24. The van der Waals surface area contributed by atoms with Crippen LogP contribution in [0, 0.1) is 5.92 Å². The number of anilines is 1. The molecule has 2 aromatic carbocycles. The molecule has 2 unspecified atom stereocenters. The van der Waals surface area contributed by atoms with E-state index in [9.17, 15) is 9.59 Å². The molecule has 8 nitrogen and oxygen atoms in total. The van der Waals surface area contributed by atoms with Crippen molar-refractivity contribution in [2.45, 2.75) is 32.7 Å². The molecule has 3 amide bonds. The fraction of sp³-hybridized carbons (Fsp3) is 0.417. The predicted octanol–water partition coefficient (Wildman–Crippen LogP) is 3.61. The molecule has 0 aliphatic heterocycles. The number of urea groups is 1. The van der Waals surface area contributed by atoms with E-state index in [-0.39, 0.29) is 11.8 Å². The van der Waals surface area contributed by atoms with E-state index in [0.29, 0.717) is 35.9 Å². The Kier molecular flexibility index (Phi) is 9.66. The Hall–Kier alpha value is -3.42. The highest BCUT2D eigenvalue weighted by Crippen LogP contribution is 2.27. The summed E-state index contributed by atoms with van der Waals surface area (Å²) in [6, 6.07) is 11.6. The average molecular weight is 444 g/mol. The van der Waals surface area contributed by atoms with Gasteiger partial charge in [-0.3, -0.25) is 4.79 Å². The molecular weight excluding hydrogens is 410 g/mol. The minimum atomic E-state index is -0.667. The van der Waals surface area contributed by atoms with Crippen molar-refractivity contribution in [2.24, 2.45) is 5.92 Å². The molecular formula is C24H33N3O5. The minimum absolute atomic E-state index is 0.0421. The maximum absolute atomic E-state index is 12.8. The van der Waals surface area contributed by atoms with Crippen molar-refractivity contribution in [2.75, 3.05) is 33.2 Å². The van der Waals surface area contributed by atoms with Crippen molar-refractivity contribution < 1.29 is 23.8 Å². The molecule has 0 aromatic heterocycles. The summed E-state index contributed by atoms with van der Waals surface area (Å²) in [6.45, 7) is 4.34. The van der Waals surface area contributed by atoms with Crippen LogP contribution in [0.2, 0.25) is 0 Å². The highest BCUT2D eigenvalue weighted by molar-refractivity contribution is 5.94. The summed E-state index contributed by atoms with van der Waals surface area (Å²) in [4.78, 5) is 25.4. The first-order chi connectivity index (χ1) is 15.4. The smallest absolute Gasteiger partial charge is 0.320 e. The number of rotatable bonds is 11. The van der Waals surface area contributed by atoms with E-state index in [1.165, 1.54) is 7.11 Å². The van der Waals surface area contributed by atoms with E-state index in [0.717, 1.165) is 12.0 Å². The van der Waals surface area contributed by atoms with Gasteiger partial charge in [-0.15, -0.1) is 0 Å². The number of amides is 3. The van der Waals surface area contributed by atoms with Gasteiger partial charge in [-0.25, -0.2) is 4.79 Å². The number of carbonyl (C=O) groups excluding carboxylic acids is 2. The Morgan fingerprint density at radius 1 is 0.938 bits per heavy atom.